The van der Waals surface area contributed by atoms with Gasteiger partial charge in [0.15, 0.2) is 0 Å². The molecule has 82 valence electrons. The molecule has 0 radical (unpaired) electrons. The first-order valence-electron chi connectivity index (χ1n) is 7.33. The quantitative estimate of drug-likeness (QED) is 0.688. The lowest BCUT2D eigenvalue weighted by Gasteiger charge is -2.32. The molecule has 2 rings (SSSR count). The summed E-state index contributed by atoms with van der Waals surface area (Å²) in [7, 11) is -0.868. The molecule has 2 heterocycles. The van der Waals surface area contributed by atoms with Crippen LogP contribution in [0, 0.1) is 6.85 Å². The molecule has 0 unspecified atom stereocenters. The van der Waals surface area contributed by atoms with E-state index in [1.54, 1.807) is 0 Å². The van der Waals surface area contributed by atoms with Crippen LogP contribution in [0.2, 0.25) is 0 Å². The predicted octanol–water partition coefficient (Wildman–Crippen LogP) is 2.36. The van der Waals surface area contributed by atoms with Gasteiger partial charge in [-0.15, -0.1) is 11.3 Å². The lowest BCUT2D eigenvalue weighted by atomic mass is 9.81. The average Bonchev–Trinajstić information content (AvgIpc) is 2.61. The van der Waals surface area contributed by atoms with E-state index in [2.05, 4.69) is 0 Å². The molecule has 0 aromatic carbocycles. The van der Waals surface area contributed by atoms with Crippen LogP contribution in [0.4, 0.5) is 0 Å². The van der Waals surface area contributed by atoms with E-state index in [0.29, 0.717) is 0 Å². The van der Waals surface area contributed by atoms with Crippen LogP contribution >= 0.6 is 11.3 Å². The minimum Gasteiger partial charge on any atom is -0.399 e. The fourth-order valence-corrected chi connectivity index (χ4v) is 1.87. The van der Waals surface area contributed by atoms with E-state index in [1.165, 1.54) is 0 Å². The highest BCUT2D eigenvalue weighted by atomic mass is 32.1. The smallest absolute Gasteiger partial charge is 0.399 e. The molecule has 1 fully saturated rings. The van der Waals surface area contributed by atoms with E-state index in [-0.39, 0.29) is 21.7 Å². The molecule has 2 nitrogen and oxygen atoms in total. The van der Waals surface area contributed by atoms with Crippen LogP contribution in [-0.2, 0) is 9.31 Å². The lowest BCUT2D eigenvalue weighted by Crippen LogP contribution is -2.41. The van der Waals surface area contributed by atoms with Crippen LogP contribution in [0.5, 0.6) is 0 Å². The Hall–Kier alpha value is -0.315. The van der Waals surface area contributed by atoms with Crippen LogP contribution in [0.1, 0.15) is 39.4 Å². The Kier molecular flexibility index (Phi) is 1.43. The Morgan fingerprint density at radius 1 is 1.33 bits per heavy atom. The van der Waals surface area contributed by atoms with Crippen molar-refractivity contribution in [2.24, 2.45) is 0 Å². The molecule has 0 spiro atoms. The van der Waals surface area contributed by atoms with Crippen molar-refractivity contribution in [1.29, 1.82) is 0 Å². The van der Waals surface area contributed by atoms with Gasteiger partial charge < -0.3 is 9.31 Å². The Labute approximate surface area is 103 Å². The summed E-state index contributed by atoms with van der Waals surface area (Å²) < 4.78 is 49.8. The first-order valence-corrected chi connectivity index (χ1v) is 5.64. The summed E-state index contributed by atoms with van der Waals surface area (Å²) in [6.45, 7) is 5.10. The minimum atomic E-state index is -2.39. The second-order valence-corrected chi connectivity index (χ2v) is 5.48. The van der Waals surface area contributed by atoms with Gasteiger partial charge in [-0.3, -0.25) is 0 Å². The van der Waals surface area contributed by atoms with E-state index in [4.69, 9.17) is 16.2 Å². The van der Waals surface area contributed by atoms with E-state index in [9.17, 15) is 0 Å². The largest absolute Gasteiger partial charge is 0.495 e. The van der Waals surface area contributed by atoms with Gasteiger partial charge in [0.05, 0.1) is 13.9 Å². The van der Waals surface area contributed by atoms with Gasteiger partial charge in [-0.1, -0.05) is 0 Å². The first-order chi connectivity index (χ1) is 8.87. The Balaban J connectivity index is 2.44. The number of rotatable bonds is 1. The molecular weight excluding hydrogens is 207 g/mol. The highest BCUT2D eigenvalue weighted by Crippen LogP contribution is 2.36. The molecule has 0 amide bonds. The van der Waals surface area contributed by atoms with Gasteiger partial charge in [0.1, 0.15) is 0 Å². The summed E-state index contributed by atoms with van der Waals surface area (Å²) in [5, 5.41) is 0.0135. The zero-order valence-corrected chi connectivity index (χ0v) is 10.1. The SMILES string of the molecule is [2H]c1sc(C([2H])([2H])[2H])c([2H])c1B1OC(C)(C)C(C)(C)O1. The van der Waals surface area contributed by atoms with Crippen LogP contribution in [0.15, 0.2) is 11.4 Å². The maximum Gasteiger partial charge on any atom is 0.495 e. The Morgan fingerprint density at radius 3 is 2.40 bits per heavy atom. The lowest BCUT2D eigenvalue weighted by molar-refractivity contribution is 0.00578. The second kappa shape index (κ2) is 3.34. The van der Waals surface area contributed by atoms with Crippen molar-refractivity contribution in [2.45, 2.75) is 45.7 Å². The summed E-state index contributed by atoms with van der Waals surface area (Å²) >= 11 is 0.792. The maximum absolute atomic E-state index is 8.02. The zero-order valence-electron chi connectivity index (χ0n) is 14.3. The molecule has 1 saturated heterocycles. The van der Waals surface area contributed by atoms with Crippen molar-refractivity contribution in [3.8, 4) is 0 Å². The van der Waals surface area contributed by atoms with Crippen molar-refractivity contribution in [2.75, 3.05) is 0 Å². The van der Waals surface area contributed by atoms with Crippen molar-refractivity contribution in [1.82, 2.24) is 0 Å². The summed E-state index contributed by atoms with van der Waals surface area (Å²) in [4.78, 5) is -0.0905. The Morgan fingerprint density at radius 2 is 1.93 bits per heavy atom. The molecular formula is C11H17BO2S. The summed E-state index contributed by atoms with van der Waals surface area (Å²) in [6.07, 6.45) is 0. The average molecular weight is 229 g/mol. The van der Waals surface area contributed by atoms with Crippen LogP contribution < -0.4 is 5.46 Å². The highest BCUT2D eigenvalue weighted by molar-refractivity contribution is 7.11. The van der Waals surface area contributed by atoms with Gasteiger partial charge in [-0.25, -0.2) is 0 Å². The van der Waals surface area contributed by atoms with Crippen molar-refractivity contribution < 1.29 is 16.2 Å². The van der Waals surface area contributed by atoms with Crippen LogP contribution in [-0.4, -0.2) is 18.3 Å². The van der Waals surface area contributed by atoms with Gasteiger partial charge in [0, 0.05) is 8.99 Å². The molecule has 1 aromatic rings. The van der Waals surface area contributed by atoms with Gasteiger partial charge >= 0.3 is 7.12 Å². The molecule has 15 heavy (non-hydrogen) atoms. The van der Waals surface area contributed by atoms with E-state index in [0.717, 1.165) is 11.3 Å². The maximum atomic E-state index is 8.02. The summed E-state index contributed by atoms with van der Waals surface area (Å²) in [5.74, 6) is 0. The molecule has 0 atom stereocenters. The molecule has 4 heteroatoms. The molecule has 0 saturated carbocycles. The van der Waals surface area contributed by atoms with E-state index < -0.39 is 25.2 Å². The van der Waals surface area contributed by atoms with Gasteiger partial charge in [0.2, 0.25) is 0 Å². The molecule has 1 aliphatic heterocycles. The highest BCUT2D eigenvalue weighted by Gasteiger charge is 2.51. The summed E-state index contributed by atoms with van der Waals surface area (Å²) in [6, 6.07) is -0.168. The standard InChI is InChI=1S/C11H17BO2S/c1-8-6-9(7-15-8)12-13-10(2,3)11(4,5)14-12/h6-7H,1-5H3/i1D3,6D,7D. The fourth-order valence-electron chi connectivity index (χ4n) is 1.35. The van der Waals surface area contributed by atoms with Crippen LogP contribution in [0.25, 0.3) is 0 Å². The molecule has 0 N–H and O–H groups in total. The Bertz CT molecular complexity index is 522. The molecule has 1 aromatic heterocycles. The zero-order chi connectivity index (χ0) is 15.5. The molecule has 0 aliphatic carbocycles. The number of hydrogen-bond donors (Lipinski definition) is 0. The number of hydrogen-bond acceptors (Lipinski definition) is 3. The monoisotopic (exact) mass is 229 g/mol. The third-order valence-corrected chi connectivity index (χ3v) is 3.63. The van der Waals surface area contributed by atoms with E-state index in [1.807, 2.05) is 27.7 Å². The van der Waals surface area contributed by atoms with Gasteiger partial charge in [-0.05, 0) is 51.4 Å². The topological polar surface area (TPSA) is 18.5 Å². The van der Waals surface area contributed by atoms with E-state index >= 15 is 0 Å². The third-order valence-electron chi connectivity index (χ3n) is 3.00. The third kappa shape index (κ3) is 1.86. The summed E-state index contributed by atoms with van der Waals surface area (Å²) in [5.41, 5.74) is -0.961. The van der Waals surface area contributed by atoms with Crippen molar-refractivity contribution in [3.63, 3.8) is 0 Å². The van der Waals surface area contributed by atoms with Crippen molar-refractivity contribution >= 4 is 23.9 Å². The van der Waals surface area contributed by atoms with Gasteiger partial charge in [-0.2, -0.15) is 0 Å². The second-order valence-electron chi connectivity index (χ2n) is 4.66. The predicted molar refractivity (Wildman–Crippen MR) is 64.8 cm³/mol. The van der Waals surface area contributed by atoms with Gasteiger partial charge in [0.25, 0.3) is 0 Å². The molecule has 0 bridgehead atoms. The van der Waals surface area contributed by atoms with Crippen LogP contribution in [0.3, 0.4) is 0 Å². The van der Waals surface area contributed by atoms with Crippen molar-refractivity contribution in [3.05, 3.63) is 16.3 Å². The number of thiophene rings is 1. The molecule has 1 aliphatic rings. The normalized spacial score (nSPS) is 29.1. The number of aryl methyl sites for hydroxylation is 1. The first kappa shape index (κ1) is 6.43. The minimum absolute atomic E-state index is 0.0135. The fraction of sp³-hybridized carbons (Fsp3) is 0.636.